The summed E-state index contributed by atoms with van der Waals surface area (Å²) in [6, 6.07) is 7.72. The van der Waals surface area contributed by atoms with Gasteiger partial charge in [0.2, 0.25) is 5.95 Å². The number of likely N-dealkylation sites (tertiary alicyclic amines) is 1. The molecule has 1 aliphatic heterocycles. The summed E-state index contributed by atoms with van der Waals surface area (Å²) in [6.45, 7) is 2.59. The Morgan fingerprint density at radius 2 is 2.20 bits per heavy atom. The Morgan fingerprint density at radius 1 is 1.32 bits per heavy atom. The van der Waals surface area contributed by atoms with Gasteiger partial charge in [0, 0.05) is 37.6 Å². The maximum atomic E-state index is 6.05. The van der Waals surface area contributed by atoms with Gasteiger partial charge in [0.1, 0.15) is 11.6 Å². The van der Waals surface area contributed by atoms with Crippen LogP contribution in [0.15, 0.2) is 30.5 Å². The molecule has 1 aliphatic rings. The molecule has 7 heteroatoms. The van der Waals surface area contributed by atoms with Gasteiger partial charge in [-0.15, -0.1) is 0 Å². The molecule has 3 rings (SSSR count). The van der Waals surface area contributed by atoms with Gasteiger partial charge >= 0.3 is 0 Å². The molecule has 1 unspecified atom stereocenters. The number of rotatable bonds is 7. The van der Waals surface area contributed by atoms with Gasteiger partial charge in [0.15, 0.2) is 0 Å². The number of nitrogens with zero attached hydrogens (tertiary/aromatic N) is 3. The van der Waals surface area contributed by atoms with E-state index in [4.69, 9.17) is 9.47 Å². The van der Waals surface area contributed by atoms with Crippen molar-refractivity contribution >= 4 is 17.5 Å². The van der Waals surface area contributed by atoms with Gasteiger partial charge in [-0.2, -0.15) is 4.98 Å². The van der Waals surface area contributed by atoms with E-state index in [1.807, 2.05) is 31.3 Å². The molecule has 0 amide bonds. The third-order valence-electron chi connectivity index (χ3n) is 4.27. The summed E-state index contributed by atoms with van der Waals surface area (Å²) in [4.78, 5) is 10.9. The number of likely N-dealkylation sites (N-methyl/N-ethyl adjacent to an activating group) is 1. The molecule has 1 fully saturated rings. The topological polar surface area (TPSA) is 71.5 Å². The molecule has 134 valence electrons. The van der Waals surface area contributed by atoms with E-state index in [1.54, 1.807) is 13.3 Å². The van der Waals surface area contributed by atoms with Crippen molar-refractivity contribution in [3.63, 3.8) is 0 Å². The second-order valence-electron chi connectivity index (χ2n) is 6.15. The molecule has 2 N–H and O–H groups in total. The number of ether oxygens (including phenoxy) is 2. The van der Waals surface area contributed by atoms with Crippen molar-refractivity contribution in [2.24, 2.45) is 0 Å². The third kappa shape index (κ3) is 4.58. The Bertz CT molecular complexity index is 710. The van der Waals surface area contributed by atoms with Gasteiger partial charge in [0.25, 0.3) is 0 Å². The number of hydrogen-bond acceptors (Lipinski definition) is 7. The van der Waals surface area contributed by atoms with Crippen molar-refractivity contribution in [3.8, 4) is 5.75 Å². The summed E-state index contributed by atoms with van der Waals surface area (Å²) >= 11 is 0. The summed E-state index contributed by atoms with van der Waals surface area (Å²) in [7, 11) is 5.62. The van der Waals surface area contributed by atoms with Crippen LogP contribution in [0.25, 0.3) is 0 Å². The fraction of sp³-hybridized carbons (Fsp3) is 0.444. The lowest BCUT2D eigenvalue weighted by molar-refractivity contribution is 0.0473. The van der Waals surface area contributed by atoms with E-state index in [1.165, 1.54) is 0 Å². The Morgan fingerprint density at radius 3 is 2.92 bits per heavy atom. The van der Waals surface area contributed by atoms with Crippen LogP contribution in [0.1, 0.15) is 12.0 Å². The number of hydrogen-bond donors (Lipinski definition) is 2. The Labute approximate surface area is 148 Å². The lowest BCUT2D eigenvalue weighted by Crippen LogP contribution is -2.19. The summed E-state index contributed by atoms with van der Waals surface area (Å²) in [6.07, 6.45) is 3.06. The summed E-state index contributed by atoms with van der Waals surface area (Å²) in [5.41, 5.74) is 1.91. The molecule has 1 atom stereocenters. The van der Waals surface area contributed by atoms with Crippen molar-refractivity contribution in [1.29, 1.82) is 0 Å². The van der Waals surface area contributed by atoms with Crippen LogP contribution in [0, 0.1) is 0 Å². The molecule has 0 aliphatic carbocycles. The second-order valence-corrected chi connectivity index (χ2v) is 6.15. The first-order valence-corrected chi connectivity index (χ1v) is 8.43. The van der Waals surface area contributed by atoms with Crippen LogP contribution < -0.4 is 15.4 Å². The first kappa shape index (κ1) is 17.4. The second kappa shape index (κ2) is 8.13. The molecule has 0 spiro atoms. The van der Waals surface area contributed by atoms with Crippen molar-refractivity contribution in [1.82, 2.24) is 14.9 Å². The van der Waals surface area contributed by atoms with E-state index >= 15 is 0 Å². The van der Waals surface area contributed by atoms with E-state index in [0.717, 1.165) is 42.3 Å². The van der Waals surface area contributed by atoms with E-state index < -0.39 is 0 Å². The molecule has 0 radical (unpaired) electrons. The monoisotopic (exact) mass is 343 g/mol. The van der Waals surface area contributed by atoms with Crippen LogP contribution in [0.4, 0.5) is 17.5 Å². The first-order valence-electron chi connectivity index (χ1n) is 8.43. The predicted octanol–water partition coefficient (Wildman–Crippen LogP) is 2.49. The number of anilines is 3. The van der Waals surface area contributed by atoms with Crippen LogP contribution in [0.5, 0.6) is 5.75 Å². The Kier molecular flexibility index (Phi) is 5.67. The highest BCUT2D eigenvalue weighted by molar-refractivity contribution is 5.58. The molecule has 1 aromatic heterocycles. The third-order valence-corrected chi connectivity index (χ3v) is 4.27. The average molecular weight is 343 g/mol. The number of methoxy groups -OCH3 is 1. The summed E-state index contributed by atoms with van der Waals surface area (Å²) in [5.74, 6) is 2.13. The SMILES string of the molecule is CNc1ccnc(Nc2ccc(OC)c(COC3CCN(C)C3)c2)n1. The van der Waals surface area contributed by atoms with E-state index in [-0.39, 0.29) is 6.10 Å². The number of benzene rings is 1. The molecule has 0 bridgehead atoms. The maximum Gasteiger partial charge on any atom is 0.229 e. The Hall–Kier alpha value is -2.38. The zero-order chi connectivity index (χ0) is 17.6. The van der Waals surface area contributed by atoms with Gasteiger partial charge in [0.05, 0.1) is 19.8 Å². The summed E-state index contributed by atoms with van der Waals surface area (Å²) in [5, 5.41) is 6.23. The molecular weight excluding hydrogens is 318 g/mol. The van der Waals surface area contributed by atoms with Gasteiger partial charge < -0.3 is 25.0 Å². The first-order chi connectivity index (χ1) is 12.2. The van der Waals surface area contributed by atoms with Crippen molar-refractivity contribution in [3.05, 3.63) is 36.0 Å². The zero-order valence-corrected chi connectivity index (χ0v) is 15.0. The minimum atomic E-state index is 0.280. The van der Waals surface area contributed by atoms with E-state index in [9.17, 15) is 0 Å². The fourth-order valence-corrected chi connectivity index (χ4v) is 2.89. The maximum absolute atomic E-state index is 6.05. The number of nitrogens with one attached hydrogen (secondary N) is 2. The minimum absolute atomic E-state index is 0.280. The van der Waals surface area contributed by atoms with E-state index in [0.29, 0.717) is 12.6 Å². The Balaban J connectivity index is 1.70. The van der Waals surface area contributed by atoms with E-state index in [2.05, 4.69) is 32.5 Å². The average Bonchev–Trinajstić information content (AvgIpc) is 3.05. The molecule has 25 heavy (non-hydrogen) atoms. The van der Waals surface area contributed by atoms with Gasteiger partial charge in [-0.1, -0.05) is 0 Å². The standard InChI is InChI=1S/C18H25N5O2/c1-19-17-6-8-20-18(22-17)21-14-4-5-16(24-3)13(10-14)12-25-15-7-9-23(2)11-15/h4-6,8,10,15H,7,9,11-12H2,1-3H3,(H2,19,20,21,22). The molecular formula is C18H25N5O2. The summed E-state index contributed by atoms with van der Waals surface area (Å²) < 4.78 is 11.5. The van der Waals surface area contributed by atoms with Crippen LogP contribution in [-0.2, 0) is 11.3 Å². The van der Waals surface area contributed by atoms with Crippen LogP contribution in [0.3, 0.4) is 0 Å². The molecule has 2 aromatic rings. The minimum Gasteiger partial charge on any atom is -0.496 e. The van der Waals surface area contributed by atoms with Crippen LogP contribution >= 0.6 is 0 Å². The highest BCUT2D eigenvalue weighted by Crippen LogP contribution is 2.26. The zero-order valence-electron chi connectivity index (χ0n) is 15.0. The van der Waals surface area contributed by atoms with Gasteiger partial charge in [-0.25, -0.2) is 4.98 Å². The molecule has 1 saturated heterocycles. The molecule has 7 nitrogen and oxygen atoms in total. The molecule has 1 aromatic carbocycles. The lowest BCUT2D eigenvalue weighted by atomic mass is 10.2. The van der Waals surface area contributed by atoms with Crippen LogP contribution in [-0.4, -0.2) is 55.3 Å². The van der Waals surface area contributed by atoms with Gasteiger partial charge in [-0.3, -0.25) is 0 Å². The molecule has 2 heterocycles. The predicted molar refractivity (Wildman–Crippen MR) is 98.5 cm³/mol. The quantitative estimate of drug-likeness (QED) is 0.800. The highest BCUT2D eigenvalue weighted by Gasteiger charge is 2.20. The van der Waals surface area contributed by atoms with Gasteiger partial charge in [-0.05, 0) is 37.7 Å². The number of aromatic nitrogens is 2. The smallest absolute Gasteiger partial charge is 0.229 e. The largest absolute Gasteiger partial charge is 0.496 e. The van der Waals surface area contributed by atoms with Crippen LogP contribution in [0.2, 0.25) is 0 Å². The van der Waals surface area contributed by atoms with Crippen molar-refractivity contribution in [2.75, 3.05) is 44.9 Å². The molecule has 0 saturated carbocycles. The fourth-order valence-electron chi connectivity index (χ4n) is 2.89. The van der Waals surface area contributed by atoms with Crippen molar-refractivity contribution < 1.29 is 9.47 Å². The van der Waals surface area contributed by atoms with Crippen molar-refractivity contribution in [2.45, 2.75) is 19.1 Å². The normalized spacial score (nSPS) is 17.5. The highest BCUT2D eigenvalue weighted by atomic mass is 16.5. The lowest BCUT2D eigenvalue weighted by Gasteiger charge is -2.15.